The van der Waals surface area contributed by atoms with E-state index in [9.17, 15) is 0 Å². The Kier molecular flexibility index (Phi) is 5.00. The van der Waals surface area contributed by atoms with Gasteiger partial charge in [-0.1, -0.05) is 57.3 Å². The van der Waals surface area contributed by atoms with Gasteiger partial charge in [0.1, 0.15) is 0 Å². The van der Waals surface area contributed by atoms with Crippen molar-refractivity contribution in [2.45, 2.75) is 38.9 Å². The van der Waals surface area contributed by atoms with Gasteiger partial charge in [0, 0.05) is 11.5 Å². The summed E-state index contributed by atoms with van der Waals surface area (Å²) >= 11 is 6.95. The molecule has 0 bridgehead atoms. The normalized spacial score (nSPS) is 11.5. The standard InChI is InChI=1S/C14H20S2/c1-11(15)9-16-10-12-5-7-13(8-6-12)14(2,3)4/h5-8H,9-10H2,1-4H3. The Morgan fingerprint density at radius 1 is 1.19 bits per heavy atom. The van der Waals surface area contributed by atoms with Crippen LogP contribution in [0.1, 0.15) is 38.8 Å². The number of thioether (sulfide) groups is 1. The van der Waals surface area contributed by atoms with Gasteiger partial charge < -0.3 is 0 Å². The average molecular weight is 252 g/mol. The number of hydrogen-bond donors (Lipinski definition) is 0. The van der Waals surface area contributed by atoms with Gasteiger partial charge in [0.25, 0.3) is 0 Å². The van der Waals surface area contributed by atoms with E-state index in [1.165, 1.54) is 11.1 Å². The number of hydrogen-bond acceptors (Lipinski definition) is 2. The summed E-state index contributed by atoms with van der Waals surface area (Å²) in [5.74, 6) is 2.04. The Labute approximate surface area is 109 Å². The summed E-state index contributed by atoms with van der Waals surface area (Å²) in [5.41, 5.74) is 3.03. The molecule has 0 saturated carbocycles. The zero-order valence-corrected chi connectivity index (χ0v) is 12.2. The zero-order chi connectivity index (χ0) is 12.2. The topological polar surface area (TPSA) is 0 Å². The van der Waals surface area contributed by atoms with Crippen LogP contribution in [0.2, 0.25) is 0 Å². The van der Waals surface area contributed by atoms with Crippen molar-refractivity contribution in [3.05, 3.63) is 35.4 Å². The molecule has 1 aromatic carbocycles. The van der Waals surface area contributed by atoms with Gasteiger partial charge in [-0.15, -0.1) is 0 Å². The van der Waals surface area contributed by atoms with Crippen LogP contribution in [0.5, 0.6) is 0 Å². The van der Waals surface area contributed by atoms with Gasteiger partial charge in [0.05, 0.1) is 0 Å². The third kappa shape index (κ3) is 4.67. The minimum absolute atomic E-state index is 0.247. The molecule has 0 heterocycles. The highest BCUT2D eigenvalue weighted by Gasteiger charge is 2.12. The minimum atomic E-state index is 0.247. The molecule has 88 valence electrons. The molecule has 16 heavy (non-hydrogen) atoms. The first-order chi connectivity index (χ1) is 7.39. The summed E-state index contributed by atoms with van der Waals surface area (Å²) in [7, 11) is 0. The molecular formula is C14H20S2. The van der Waals surface area contributed by atoms with Gasteiger partial charge in [0.2, 0.25) is 0 Å². The lowest BCUT2D eigenvalue weighted by Gasteiger charge is -2.19. The maximum atomic E-state index is 5.06. The highest BCUT2D eigenvalue weighted by atomic mass is 32.2. The van der Waals surface area contributed by atoms with Crippen molar-refractivity contribution in [2.75, 3.05) is 5.75 Å². The molecule has 0 radical (unpaired) electrons. The van der Waals surface area contributed by atoms with Crippen LogP contribution in [0, 0.1) is 0 Å². The monoisotopic (exact) mass is 252 g/mol. The van der Waals surface area contributed by atoms with E-state index < -0.39 is 0 Å². The lowest BCUT2D eigenvalue weighted by molar-refractivity contribution is 0.590. The fourth-order valence-electron chi connectivity index (χ4n) is 1.41. The summed E-state index contributed by atoms with van der Waals surface area (Å²) in [5, 5.41) is 0. The SMILES string of the molecule is CC(=S)CSCc1ccc(C(C)(C)C)cc1. The van der Waals surface area contributed by atoms with E-state index in [1.807, 2.05) is 18.7 Å². The zero-order valence-electron chi connectivity index (χ0n) is 10.5. The van der Waals surface area contributed by atoms with Gasteiger partial charge >= 0.3 is 0 Å². The molecule has 0 N–H and O–H groups in total. The molecule has 0 aliphatic carbocycles. The van der Waals surface area contributed by atoms with Crippen LogP contribution < -0.4 is 0 Å². The van der Waals surface area contributed by atoms with E-state index in [4.69, 9.17) is 12.2 Å². The quantitative estimate of drug-likeness (QED) is 0.718. The summed E-state index contributed by atoms with van der Waals surface area (Å²) in [6, 6.07) is 8.93. The van der Waals surface area contributed by atoms with Crippen LogP contribution in [0.4, 0.5) is 0 Å². The second kappa shape index (κ2) is 5.83. The Morgan fingerprint density at radius 2 is 1.75 bits per heavy atom. The van der Waals surface area contributed by atoms with Crippen molar-refractivity contribution >= 4 is 28.8 Å². The fourth-order valence-corrected chi connectivity index (χ4v) is 2.48. The predicted molar refractivity (Wildman–Crippen MR) is 79.6 cm³/mol. The molecule has 0 saturated heterocycles. The molecule has 0 unspecified atom stereocenters. The first kappa shape index (κ1) is 13.7. The molecule has 1 rings (SSSR count). The number of thiocarbonyl (C=S) groups is 1. The van der Waals surface area contributed by atoms with E-state index in [1.54, 1.807) is 0 Å². The molecule has 0 fully saturated rings. The second-order valence-electron chi connectivity index (χ2n) is 5.14. The lowest BCUT2D eigenvalue weighted by Crippen LogP contribution is -2.10. The van der Waals surface area contributed by atoms with E-state index >= 15 is 0 Å². The molecule has 0 nitrogen and oxygen atoms in total. The van der Waals surface area contributed by atoms with Gasteiger partial charge in [-0.3, -0.25) is 0 Å². The Balaban J connectivity index is 2.55. The molecule has 2 heteroatoms. The molecular weight excluding hydrogens is 232 g/mol. The molecule has 0 amide bonds. The molecule has 0 atom stereocenters. The molecule has 0 aliphatic rings. The summed E-state index contributed by atoms with van der Waals surface area (Å²) < 4.78 is 0. The van der Waals surface area contributed by atoms with E-state index in [0.29, 0.717) is 0 Å². The smallest absolute Gasteiger partial charge is 0.0248 e. The highest BCUT2D eigenvalue weighted by Crippen LogP contribution is 2.23. The van der Waals surface area contributed by atoms with Crippen molar-refractivity contribution in [3.63, 3.8) is 0 Å². The lowest BCUT2D eigenvalue weighted by atomic mass is 9.87. The van der Waals surface area contributed by atoms with Gasteiger partial charge in [0.15, 0.2) is 0 Å². The first-order valence-electron chi connectivity index (χ1n) is 5.56. The van der Waals surface area contributed by atoms with Crippen molar-refractivity contribution in [1.29, 1.82) is 0 Å². The van der Waals surface area contributed by atoms with Crippen LogP contribution >= 0.6 is 24.0 Å². The largest absolute Gasteiger partial charge is 0.152 e. The molecule has 0 aliphatic heterocycles. The second-order valence-corrected chi connectivity index (χ2v) is 6.82. The number of rotatable bonds is 4. The third-order valence-electron chi connectivity index (χ3n) is 2.39. The minimum Gasteiger partial charge on any atom is -0.152 e. The van der Waals surface area contributed by atoms with Gasteiger partial charge in [-0.05, 0) is 28.3 Å². The van der Waals surface area contributed by atoms with Crippen LogP contribution in [0.3, 0.4) is 0 Å². The highest BCUT2D eigenvalue weighted by molar-refractivity contribution is 8.00. The maximum absolute atomic E-state index is 5.06. The predicted octanol–water partition coefficient (Wildman–Crippen LogP) is 4.61. The average Bonchev–Trinajstić information content (AvgIpc) is 2.16. The van der Waals surface area contributed by atoms with Crippen LogP contribution in [-0.2, 0) is 11.2 Å². The Hall–Kier alpha value is -0.340. The van der Waals surface area contributed by atoms with Crippen molar-refractivity contribution in [1.82, 2.24) is 0 Å². The Morgan fingerprint density at radius 3 is 2.19 bits per heavy atom. The van der Waals surface area contributed by atoms with E-state index in [0.717, 1.165) is 16.4 Å². The summed E-state index contributed by atoms with van der Waals surface area (Å²) in [6.07, 6.45) is 0. The Bertz CT molecular complexity index is 344. The fraction of sp³-hybridized carbons (Fsp3) is 0.500. The number of benzene rings is 1. The first-order valence-corrected chi connectivity index (χ1v) is 7.12. The summed E-state index contributed by atoms with van der Waals surface area (Å²) in [4.78, 5) is 1.08. The van der Waals surface area contributed by atoms with Gasteiger partial charge in [-0.25, -0.2) is 0 Å². The van der Waals surface area contributed by atoms with E-state index in [2.05, 4.69) is 45.0 Å². The van der Waals surface area contributed by atoms with Crippen LogP contribution in [-0.4, -0.2) is 10.6 Å². The molecule has 1 aromatic rings. The van der Waals surface area contributed by atoms with Crippen LogP contribution in [0.25, 0.3) is 0 Å². The van der Waals surface area contributed by atoms with Gasteiger partial charge in [-0.2, -0.15) is 11.8 Å². The molecule has 0 aromatic heterocycles. The third-order valence-corrected chi connectivity index (χ3v) is 3.90. The van der Waals surface area contributed by atoms with Crippen molar-refractivity contribution in [2.24, 2.45) is 0 Å². The van der Waals surface area contributed by atoms with Crippen LogP contribution in [0.15, 0.2) is 24.3 Å². The van der Waals surface area contributed by atoms with Crippen molar-refractivity contribution in [3.8, 4) is 0 Å². The summed E-state index contributed by atoms with van der Waals surface area (Å²) in [6.45, 7) is 8.73. The molecule has 0 spiro atoms. The van der Waals surface area contributed by atoms with Crippen molar-refractivity contribution < 1.29 is 0 Å². The van der Waals surface area contributed by atoms with E-state index in [-0.39, 0.29) is 5.41 Å². The maximum Gasteiger partial charge on any atom is 0.0248 e.